The minimum atomic E-state index is -1.90. The van der Waals surface area contributed by atoms with Crippen LogP contribution in [0.4, 0.5) is 0 Å². The van der Waals surface area contributed by atoms with Crippen LogP contribution in [0.25, 0.3) is 0 Å². The van der Waals surface area contributed by atoms with Crippen LogP contribution in [0.1, 0.15) is 38.8 Å². The molecule has 0 radical (unpaired) electrons. The van der Waals surface area contributed by atoms with Crippen LogP contribution < -0.4 is 4.74 Å². The second kappa shape index (κ2) is 4.61. The number of aliphatic hydroxyl groups is 1. The SMILES string of the molecule is COc1ccc(C(C)(O)C(=O)O)cc1C(C)(C)C. The summed E-state index contributed by atoms with van der Waals surface area (Å²) in [5.41, 5.74) is -0.882. The van der Waals surface area contributed by atoms with Gasteiger partial charge in [0.25, 0.3) is 0 Å². The third kappa shape index (κ3) is 2.64. The Morgan fingerprint density at radius 1 is 1.22 bits per heavy atom. The van der Waals surface area contributed by atoms with Crippen LogP contribution in [0.2, 0.25) is 0 Å². The molecule has 0 saturated carbocycles. The monoisotopic (exact) mass is 252 g/mol. The van der Waals surface area contributed by atoms with Gasteiger partial charge in [-0.2, -0.15) is 0 Å². The lowest BCUT2D eigenvalue weighted by atomic mass is 9.83. The molecule has 1 unspecified atom stereocenters. The minimum Gasteiger partial charge on any atom is -0.496 e. The van der Waals surface area contributed by atoms with E-state index >= 15 is 0 Å². The summed E-state index contributed by atoms with van der Waals surface area (Å²) in [6, 6.07) is 4.95. The van der Waals surface area contributed by atoms with E-state index < -0.39 is 11.6 Å². The number of methoxy groups -OCH3 is 1. The Morgan fingerprint density at radius 2 is 1.78 bits per heavy atom. The lowest BCUT2D eigenvalue weighted by Gasteiger charge is -2.26. The summed E-state index contributed by atoms with van der Waals surface area (Å²) in [5, 5.41) is 19.0. The van der Waals surface area contributed by atoms with Gasteiger partial charge in [-0.05, 0) is 35.6 Å². The van der Waals surface area contributed by atoms with Gasteiger partial charge in [0, 0.05) is 0 Å². The van der Waals surface area contributed by atoms with Crippen molar-refractivity contribution in [1.29, 1.82) is 0 Å². The zero-order chi connectivity index (χ0) is 14.1. The van der Waals surface area contributed by atoms with Crippen LogP contribution in [0.3, 0.4) is 0 Å². The first-order chi connectivity index (χ1) is 8.10. The number of ether oxygens (including phenoxy) is 1. The van der Waals surface area contributed by atoms with Gasteiger partial charge < -0.3 is 14.9 Å². The molecule has 18 heavy (non-hydrogen) atoms. The first-order valence-corrected chi connectivity index (χ1v) is 5.75. The number of hydrogen-bond acceptors (Lipinski definition) is 3. The molecule has 4 nitrogen and oxygen atoms in total. The van der Waals surface area contributed by atoms with Gasteiger partial charge in [0.15, 0.2) is 5.60 Å². The van der Waals surface area contributed by atoms with E-state index in [0.717, 1.165) is 5.56 Å². The van der Waals surface area contributed by atoms with E-state index in [-0.39, 0.29) is 5.41 Å². The Kier molecular flexibility index (Phi) is 3.72. The third-order valence-corrected chi connectivity index (χ3v) is 2.99. The lowest BCUT2D eigenvalue weighted by Crippen LogP contribution is -2.32. The summed E-state index contributed by atoms with van der Waals surface area (Å²) in [6.45, 7) is 7.28. The molecule has 0 aliphatic carbocycles. The first-order valence-electron chi connectivity index (χ1n) is 5.75. The van der Waals surface area contributed by atoms with E-state index in [2.05, 4.69) is 0 Å². The fraction of sp³-hybridized carbons (Fsp3) is 0.500. The molecule has 1 atom stereocenters. The smallest absolute Gasteiger partial charge is 0.340 e. The molecule has 0 fully saturated rings. The molecule has 0 aliphatic heterocycles. The Morgan fingerprint density at radius 3 is 2.17 bits per heavy atom. The molecule has 1 aromatic carbocycles. The van der Waals surface area contributed by atoms with Gasteiger partial charge in [0.1, 0.15) is 5.75 Å². The minimum absolute atomic E-state index is 0.198. The Bertz CT molecular complexity index is 455. The van der Waals surface area contributed by atoms with Crippen molar-refractivity contribution in [3.8, 4) is 5.75 Å². The summed E-state index contributed by atoms with van der Waals surface area (Å²) >= 11 is 0. The van der Waals surface area contributed by atoms with Crippen LogP contribution in [-0.2, 0) is 15.8 Å². The maximum absolute atomic E-state index is 11.1. The van der Waals surface area contributed by atoms with Crippen molar-refractivity contribution in [2.24, 2.45) is 0 Å². The molecule has 2 N–H and O–H groups in total. The van der Waals surface area contributed by atoms with E-state index in [1.54, 1.807) is 25.3 Å². The summed E-state index contributed by atoms with van der Waals surface area (Å²) in [7, 11) is 1.57. The van der Waals surface area contributed by atoms with Gasteiger partial charge in [-0.25, -0.2) is 4.79 Å². The van der Waals surface area contributed by atoms with Crippen molar-refractivity contribution in [2.45, 2.75) is 38.7 Å². The van der Waals surface area contributed by atoms with Crippen molar-refractivity contribution < 1.29 is 19.7 Å². The molecular weight excluding hydrogens is 232 g/mol. The largest absolute Gasteiger partial charge is 0.496 e. The van der Waals surface area contributed by atoms with Gasteiger partial charge >= 0.3 is 5.97 Å². The summed E-state index contributed by atoms with van der Waals surface area (Å²) in [5.74, 6) is -0.583. The molecule has 0 heterocycles. The highest BCUT2D eigenvalue weighted by Gasteiger charge is 2.33. The summed E-state index contributed by atoms with van der Waals surface area (Å²) in [6.07, 6.45) is 0. The van der Waals surface area contributed by atoms with Gasteiger partial charge in [0.05, 0.1) is 7.11 Å². The van der Waals surface area contributed by atoms with Gasteiger partial charge in [0.2, 0.25) is 0 Å². The predicted octanol–water partition coefficient (Wildman–Crippen LogP) is 2.28. The standard InChI is InChI=1S/C14H20O4/c1-13(2,3)10-8-9(6-7-11(10)18-5)14(4,17)12(15)16/h6-8,17H,1-5H3,(H,15,16). The van der Waals surface area contributed by atoms with E-state index in [4.69, 9.17) is 9.84 Å². The number of aliphatic carboxylic acids is 1. The normalized spacial score (nSPS) is 15.0. The zero-order valence-corrected chi connectivity index (χ0v) is 11.4. The molecule has 0 aliphatic rings. The maximum Gasteiger partial charge on any atom is 0.340 e. The number of benzene rings is 1. The number of rotatable bonds is 3. The zero-order valence-electron chi connectivity index (χ0n) is 11.4. The maximum atomic E-state index is 11.1. The van der Waals surface area contributed by atoms with Gasteiger partial charge in [-0.1, -0.05) is 26.8 Å². The van der Waals surface area contributed by atoms with E-state index in [9.17, 15) is 9.90 Å². The number of carbonyl (C=O) groups is 1. The van der Waals surface area contributed by atoms with Crippen molar-refractivity contribution in [2.75, 3.05) is 7.11 Å². The van der Waals surface area contributed by atoms with Gasteiger partial charge in [-0.15, -0.1) is 0 Å². The van der Waals surface area contributed by atoms with Crippen LogP contribution in [0.15, 0.2) is 18.2 Å². The predicted molar refractivity (Wildman–Crippen MR) is 68.9 cm³/mol. The molecular formula is C14H20O4. The second-order valence-corrected chi connectivity index (χ2v) is 5.54. The van der Waals surface area contributed by atoms with Crippen molar-refractivity contribution in [1.82, 2.24) is 0 Å². The van der Waals surface area contributed by atoms with Crippen LogP contribution in [0, 0.1) is 0 Å². The molecule has 0 bridgehead atoms. The average Bonchev–Trinajstić information content (AvgIpc) is 2.26. The molecule has 1 rings (SSSR count). The fourth-order valence-corrected chi connectivity index (χ4v) is 1.72. The molecule has 0 amide bonds. The number of carboxylic acid groups (broad SMARTS) is 1. The number of carboxylic acids is 1. The summed E-state index contributed by atoms with van der Waals surface area (Å²) < 4.78 is 5.27. The Hall–Kier alpha value is -1.55. The van der Waals surface area contributed by atoms with Crippen molar-refractivity contribution >= 4 is 5.97 Å². The van der Waals surface area contributed by atoms with Crippen LogP contribution >= 0.6 is 0 Å². The fourth-order valence-electron chi connectivity index (χ4n) is 1.72. The molecule has 0 saturated heterocycles. The van der Waals surface area contributed by atoms with Crippen LogP contribution in [0.5, 0.6) is 5.75 Å². The quantitative estimate of drug-likeness (QED) is 0.866. The second-order valence-electron chi connectivity index (χ2n) is 5.54. The topological polar surface area (TPSA) is 66.8 Å². The molecule has 0 aromatic heterocycles. The third-order valence-electron chi connectivity index (χ3n) is 2.99. The van der Waals surface area contributed by atoms with Crippen molar-refractivity contribution in [3.63, 3.8) is 0 Å². The highest BCUT2D eigenvalue weighted by atomic mass is 16.5. The van der Waals surface area contributed by atoms with Crippen molar-refractivity contribution in [3.05, 3.63) is 29.3 Å². The highest BCUT2D eigenvalue weighted by molar-refractivity contribution is 5.78. The Balaban J connectivity index is 3.41. The lowest BCUT2D eigenvalue weighted by molar-refractivity contribution is -0.157. The average molecular weight is 252 g/mol. The Labute approximate surface area is 107 Å². The van der Waals surface area contributed by atoms with E-state index in [1.165, 1.54) is 6.92 Å². The van der Waals surface area contributed by atoms with E-state index in [0.29, 0.717) is 11.3 Å². The number of hydrogen-bond donors (Lipinski definition) is 2. The molecule has 4 heteroatoms. The summed E-state index contributed by atoms with van der Waals surface area (Å²) in [4.78, 5) is 11.1. The van der Waals surface area contributed by atoms with Crippen LogP contribution in [-0.4, -0.2) is 23.3 Å². The first kappa shape index (κ1) is 14.5. The molecule has 100 valence electrons. The molecule has 1 aromatic rings. The highest BCUT2D eigenvalue weighted by Crippen LogP contribution is 2.34. The van der Waals surface area contributed by atoms with E-state index in [1.807, 2.05) is 20.8 Å². The molecule has 0 spiro atoms. The van der Waals surface area contributed by atoms with Gasteiger partial charge in [-0.3, -0.25) is 0 Å².